The molecule has 1 aliphatic heterocycles. The summed E-state index contributed by atoms with van der Waals surface area (Å²) in [5.74, 6) is 0.0787. The number of para-hydroxylation sites is 1. The maximum Gasteiger partial charge on any atom is 0.238 e. The van der Waals surface area contributed by atoms with Gasteiger partial charge in [-0.25, -0.2) is 0 Å². The summed E-state index contributed by atoms with van der Waals surface area (Å²) in [6, 6.07) is 6.02. The number of benzene rings is 1. The second-order valence-corrected chi connectivity index (χ2v) is 8.52. The quantitative estimate of drug-likeness (QED) is 0.829. The molecular weight excluding hydrogens is 340 g/mol. The van der Waals surface area contributed by atoms with Crippen LogP contribution in [0.3, 0.4) is 0 Å². The molecule has 0 aliphatic carbocycles. The monoisotopic (exact) mass is 374 g/mol. The van der Waals surface area contributed by atoms with Gasteiger partial charge in [-0.15, -0.1) is 0 Å². The predicted molar refractivity (Wildman–Crippen MR) is 110 cm³/mol. The van der Waals surface area contributed by atoms with Crippen molar-refractivity contribution in [3.05, 3.63) is 29.3 Å². The van der Waals surface area contributed by atoms with Gasteiger partial charge in [0.15, 0.2) is 0 Å². The Morgan fingerprint density at radius 2 is 1.44 bits per heavy atom. The van der Waals surface area contributed by atoms with Crippen LogP contribution in [-0.2, 0) is 9.59 Å². The molecule has 0 atom stereocenters. The summed E-state index contributed by atoms with van der Waals surface area (Å²) in [5.41, 5.74) is 2.86. The Labute approximate surface area is 163 Å². The smallest absolute Gasteiger partial charge is 0.238 e. The fourth-order valence-corrected chi connectivity index (χ4v) is 3.40. The van der Waals surface area contributed by atoms with E-state index in [0.717, 1.165) is 49.4 Å². The number of aryl methyl sites for hydroxylation is 2. The van der Waals surface area contributed by atoms with E-state index in [-0.39, 0.29) is 17.4 Å². The van der Waals surface area contributed by atoms with E-state index in [1.807, 2.05) is 52.8 Å². The number of carbonyl (C=O) groups is 2. The van der Waals surface area contributed by atoms with Crippen LogP contribution in [-0.4, -0.2) is 66.4 Å². The van der Waals surface area contributed by atoms with Crippen molar-refractivity contribution in [3.63, 3.8) is 0 Å². The molecule has 2 amide bonds. The van der Waals surface area contributed by atoms with Gasteiger partial charge >= 0.3 is 0 Å². The number of hydrogen-bond acceptors (Lipinski definition) is 4. The standard InChI is InChI=1S/C21H34N4O2/c1-16-8-6-9-17(2)20(16)22-18(26)14-24-10-7-11-25(13-12-24)15-19(27)23-21(3,4)5/h6,8-9H,7,10-15H2,1-5H3,(H,22,26)(H,23,27). The van der Waals surface area contributed by atoms with Gasteiger partial charge < -0.3 is 10.6 Å². The molecule has 1 aliphatic rings. The normalized spacial score (nSPS) is 16.6. The molecule has 1 aromatic rings. The van der Waals surface area contributed by atoms with Crippen LogP contribution in [0.15, 0.2) is 18.2 Å². The Bertz CT molecular complexity index is 646. The molecule has 1 saturated heterocycles. The van der Waals surface area contributed by atoms with Crippen LogP contribution in [0, 0.1) is 13.8 Å². The van der Waals surface area contributed by atoms with Crippen LogP contribution in [0.2, 0.25) is 0 Å². The second-order valence-electron chi connectivity index (χ2n) is 8.52. The summed E-state index contributed by atoms with van der Waals surface area (Å²) < 4.78 is 0. The number of rotatable bonds is 5. The Balaban J connectivity index is 1.82. The van der Waals surface area contributed by atoms with E-state index < -0.39 is 0 Å². The highest BCUT2D eigenvalue weighted by atomic mass is 16.2. The predicted octanol–water partition coefficient (Wildman–Crippen LogP) is 2.16. The Hall–Kier alpha value is -1.92. The van der Waals surface area contributed by atoms with E-state index >= 15 is 0 Å². The molecule has 1 aromatic carbocycles. The first-order valence-electron chi connectivity index (χ1n) is 9.76. The van der Waals surface area contributed by atoms with Crippen LogP contribution >= 0.6 is 0 Å². The van der Waals surface area contributed by atoms with Gasteiger partial charge in [0.2, 0.25) is 11.8 Å². The molecular formula is C21H34N4O2. The van der Waals surface area contributed by atoms with Crippen LogP contribution < -0.4 is 10.6 Å². The molecule has 150 valence electrons. The summed E-state index contributed by atoms with van der Waals surface area (Å²) >= 11 is 0. The van der Waals surface area contributed by atoms with E-state index in [0.29, 0.717) is 13.1 Å². The summed E-state index contributed by atoms with van der Waals surface area (Å²) in [4.78, 5) is 29.0. The summed E-state index contributed by atoms with van der Waals surface area (Å²) in [6.07, 6.45) is 0.958. The van der Waals surface area contributed by atoms with Crippen LogP contribution in [0.25, 0.3) is 0 Å². The molecule has 2 rings (SSSR count). The molecule has 0 aromatic heterocycles. The number of hydrogen-bond donors (Lipinski definition) is 2. The zero-order valence-electron chi connectivity index (χ0n) is 17.4. The van der Waals surface area contributed by atoms with Gasteiger partial charge in [-0.3, -0.25) is 19.4 Å². The van der Waals surface area contributed by atoms with E-state index in [4.69, 9.17) is 0 Å². The van der Waals surface area contributed by atoms with Crippen LogP contribution in [0.1, 0.15) is 38.3 Å². The minimum absolute atomic E-state index is 0.0197. The number of nitrogens with one attached hydrogen (secondary N) is 2. The first-order valence-corrected chi connectivity index (χ1v) is 9.76. The molecule has 6 heteroatoms. The highest BCUT2D eigenvalue weighted by Gasteiger charge is 2.21. The fourth-order valence-electron chi connectivity index (χ4n) is 3.40. The van der Waals surface area contributed by atoms with Crippen molar-refractivity contribution in [1.29, 1.82) is 0 Å². The van der Waals surface area contributed by atoms with Crippen molar-refractivity contribution in [2.24, 2.45) is 0 Å². The van der Waals surface area contributed by atoms with E-state index in [9.17, 15) is 9.59 Å². The van der Waals surface area contributed by atoms with Gasteiger partial charge in [0, 0.05) is 24.3 Å². The zero-order chi connectivity index (χ0) is 20.0. The molecule has 2 N–H and O–H groups in total. The lowest BCUT2D eigenvalue weighted by molar-refractivity contribution is -0.123. The second kappa shape index (κ2) is 9.33. The molecule has 27 heavy (non-hydrogen) atoms. The topological polar surface area (TPSA) is 64.7 Å². The van der Waals surface area contributed by atoms with Crippen molar-refractivity contribution < 1.29 is 9.59 Å². The minimum atomic E-state index is -0.208. The van der Waals surface area contributed by atoms with Gasteiger partial charge in [-0.1, -0.05) is 18.2 Å². The molecule has 1 heterocycles. The van der Waals surface area contributed by atoms with Gasteiger partial charge in [0.05, 0.1) is 13.1 Å². The molecule has 6 nitrogen and oxygen atoms in total. The summed E-state index contributed by atoms with van der Waals surface area (Å²) in [7, 11) is 0. The van der Waals surface area contributed by atoms with E-state index in [1.165, 1.54) is 0 Å². The lowest BCUT2D eigenvalue weighted by atomic mass is 10.1. The average Bonchev–Trinajstić information content (AvgIpc) is 2.74. The number of amides is 2. The fraction of sp³-hybridized carbons (Fsp3) is 0.619. The van der Waals surface area contributed by atoms with E-state index in [2.05, 4.69) is 20.4 Å². The van der Waals surface area contributed by atoms with Gasteiger partial charge in [-0.05, 0) is 65.3 Å². The van der Waals surface area contributed by atoms with Gasteiger partial charge in [-0.2, -0.15) is 0 Å². The van der Waals surface area contributed by atoms with Crippen LogP contribution in [0.4, 0.5) is 5.69 Å². The van der Waals surface area contributed by atoms with Gasteiger partial charge in [0.1, 0.15) is 0 Å². The van der Waals surface area contributed by atoms with Crippen molar-refractivity contribution in [3.8, 4) is 0 Å². The van der Waals surface area contributed by atoms with Crippen molar-refractivity contribution in [2.75, 3.05) is 44.6 Å². The largest absolute Gasteiger partial charge is 0.350 e. The highest BCUT2D eigenvalue weighted by molar-refractivity contribution is 5.93. The summed E-state index contributed by atoms with van der Waals surface area (Å²) in [6.45, 7) is 14.1. The lowest BCUT2D eigenvalue weighted by Gasteiger charge is -2.25. The molecule has 0 unspecified atom stereocenters. The maximum atomic E-state index is 12.5. The lowest BCUT2D eigenvalue weighted by Crippen LogP contribution is -2.46. The van der Waals surface area contributed by atoms with Crippen molar-refractivity contribution >= 4 is 17.5 Å². The first-order chi connectivity index (χ1) is 12.6. The minimum Gasteiger partial charge on any atom is -0.350 e. The molecule has 0 radical (unpaired) electrons. The first kappa shape index (κ1) is 21.4. The summed E-state index contributed by atoms with van der Waals surface area (Å²) in [5, 5.41) is 6.07. The average molecular weight is 375 g/mol. The maximum absolute atomic E-state index is 12.5. The van der Waals surface area contributed by atoms with Crippen LogP contribution in [0.5, 0.6) is 0 Å². The Morgan fingerprint density at radius 1 is 0.926 bits per heavy atom. The highest BCUT2D eigenvalue weighted by Crippen LogP contribution is 2.19. The molecule has 0 spiro atoms. The number of nitrogens with zero attached hydrogens (tertiary/aromatic N) is 2. The third kappa shape index (κ3) is 7.31. The Kier molecular flexibility index (Phi) is 7.39. The molecule has 0 bridgehead atoms. The van der Waals surface area contributed by atoms with Crippen molar-refractivity contribution in [2.45, 2.75) is 46.6 Å². The molecule has 0 saturated carbocycles. The Morgan fingerprint density at radius 3 is 1.96 bits per heavy atom. The SMILES string of the molecule is Cc1cccc(C)c1NC(=O)CN1CCCN(CC(=O)NC(C)(C)C)CC1. The van der Waals surface area contributed by atoms with Gasteiger partial charge in [0.25, 0.3) is 0 Å². The third-order valence-corrected chi connectivity index (χ3v) is 4.68. The number of carbonyl (C=O) groups excluding carboxylic acids is 2. The third-order valence-electron chi connectivity index (χ3n) is 4.68. The molecule has 1 fully saturated rings. The zero-order valence-corrected chi connectivity index (χ0v) is 17.4. The van der Waals surface area contributed by atoms with E-state index in [1.54, 1.807) is 0 Å². The van der Waals surface area contributed by atoms with Crippen molar-refractivity contribution in [1.82, 2.24) is 15.1 Å². The number of anilines is 1.